The van der Waals surface area contributed by atoms with E-state index in [1.54, 1.807) is 31.4 Å². The lowest BCUT2D eigenvalue weighted by atomic mass is 10.0. The van der Waals surface area contributed by atoms with E-state index in [0.717, 1.165) is 49.5 Å². The van der Waals surface area contributed by atoms with Gasteiger partial charge < -0.3 is 24.2 Å². The number of aryl methyl sites for hydroxylation is 1. The van der Waals surface area contributed by atoms with Gasteiger partial charge in [-0.05, 0) is 78.5 Å². The second kappa shape index (κ2) is 17.1. The smallest absolute Gasteiger partial charge is 0.335 e. The fourth-order valence-corrected chi connectivity index (χ4v) is 5.64. The van der Waals surface area contributed by atoms with Crippen molar-refractivity contribution in [3.05, 3.63) is 101 Å². The normalized spacial score (nSPS) is 11.9. The van der Waals surface area contributed by atoms with Crippen LogP contribution in [0.1, 0.15) is 71.1 Å². The van der Waals surface area contributed by atoms with Gasteiger partial charge in [0.1, 0.15) is 23.0 Å². The Balaban J connectivity index is 1.43. The maximum Gasteiger partial charge on any atom is 0.335 e. The summed E-state index contributed by atoms with van der Waals surface area (Å²) in [5.41, 5.74) is 3.58. The van der Waals surface area contributed by atoms with Crippen LogP contribution in [-0.2, 0) is 33.9 Å². The molecule has 3 aromatic carbocycles. The molecule has 0 saturated heterocycles. The van der Waals surface area contributed by atoms with Crippen molar-refractivity contribution >= 4 is 29.2 Å². The van der Waals surface area contributed by atoms with Crippen molar-refractivity contribution in [3.63, 3.8) is 0 Å². The highest BCUT2D eigenvalue weighted by Gasteiger charge is 2.13. The number of hydrogen-bond acceptors (Lipinski definition) is 5. The third-order valence-electron chi connectivity index (χ3n) is 6.59. The van der Waals surface area contributed by atoms with E-state index in [4.69, 9.17) is 19.7 Å². The van der Waals surface area contributed by atoms with Crippen LogP contribution < -0.4 is 9.47 Å². The summed E-state index contributed by atoms with van der Waals surface area (Å²) in [4.78, 5) is 22.3. The molecule has 0 aliphatic heterocycles. The number of hydrogen-bond donors (Lipinski definition) is 2. The average Bonchev–Trinajstić information content (AvgIpc) is 2.96. The van der Waals surface area contributed by atoms with E-state index in [1.807, 2.05) is 18.2 Å². The van der Waals surface area contributed by atoms with E-state index >= 15 is 0 Å². The number of carboxylic acid groups (broad SMARTS) is 2. The molecule has 1 atom stereocenters. The summed E-state index contributed by atoms with van der Waals surface area (Å²) in [7, 11) is 1.67. The van der Waals surface area contributed by atoms with Crippen molar-refractivity contribution < 1.29 is 33.8 Å². The van der Waals surface area contributed by atoms with E-state index in [-0.39, 0.29) is 17.1 Å². The molecule has 0 spiro atoms. The van der Waals surface area contributed by atoms with Crippen LogP contribution >= 0.6 is 0 Å². The molecule has 0 radical (unpaired) electrons. The minimum absolute atomic E-state index is 0.159. The molecule has 218 valence electrons. The summed E-state index contributed by atoms with van der Waals surface area (Å²) < 4.78 is 24.0. The van der Waals surface area contributed by atoms with Crippen LogP contribution in [0.4, 0.5) is 0 Å². The molecule has 0 aliphatic rings. The molecule has 41 heavy (non-hydrogen) atoms. The van der Waals surface area contributed by atoms with Gasteiger partial charge in [0.2, 0.25) is 0 Å². The Morgan fingerprint density at radius 3 is 2.17 bits per heavy atom. The summed E-state index contributed by atoms with van der Waals surface area (Å²) in [6.07, 6.45) is 10.2. The molecule has 8 heteroatoms. The number of aromatic carboxylic acids is 1. The molecular formula is C33H38O7S. The largest absolute Gasteiger partial charge is 0.616 e. The Hall–Kier alpha value is -3.75. The second-order valence-electron chi connectivity index (χ2n) is 9.85. The molecule has 0 amide bonds. The Morgan fingerprint density at radius 2 is 1.49 bits per heavy atom. The fourth-order valence-electron chi connectivity index (χ4n) is 4.44. The number of ether oxygens (including phenoxy) is 2. The van der Waals surface area contributed by atoms with Gasteiger partial charge in [0.25, 0.3) is 0 Å². The van der Waals surface area contributed by atoms with Crippen molar-refractivity contribution in [1.82, 2.24) is 0 Å². The summed E-state index contributed by atoms with van der Waals surface area (Å²) in [6, 6.07) is 20.1. The zero-order valence-corrected chi connectivity index (χ0v) is 24.2. The SMILES string of the molecule is COc1ccc(CCCCCCCCOc2ccc(C[S+]([O-])Cc3cccc(C(=O)O)c3)cc2/C=C/C(=O)O)cc1. The zero-order chi connectivity index (χ0) is 29.5. The van der Waals surface area contributed by atoms with Crippen molar-refractivity contribution in [2.75, 3.05) is 13.7 Å². The highest BCUT2D eigenvalue weighted by Crippen LogP contribution is 2.25. The van der Waals surface area contributed by atoms with Gasteiger partial charge in [-0.15, -0.1) is 0 Å². The molecule has 2 N–H and O–H groups in total. The van der Waals surface area contributed by atoms with Crippen molar-refractivity contribution in [2.24, 2.45) is 0 Å². The lowest BCUT2D eigenvalue weighted by Gasteiger charge is -2.14. The number of carboxylic acids is 2. The fraction of sp³-hybridized carbons (Fsp3) is 0.333. The van der Waals surface area contributed by atoms with Gasteiger partial charge in [-0.3, -0.25) is 0 Å². The summed E-state index contributed by atoms with van der Waals surface area (Å²) in [5.74, 6) is -0.138. The van der Waals surface area contributed by atoms with Gasteiger partial charge in [0, 0.05) is 22.8 Å². The minimum atomic E-state index is -1.27. The zero-order valence-electron chi connectivity index (χ0n) is 23.4. The average molecular weight is 579 g/mol. The maximum atomic E-state index is 12.8. The summed E-state index contributed by atoms with van der Waals surface area (Å²) in [6.45, 7) is 0.533. The predicted molar refractivity (Wildman–Crippen MR) is 162 cm³/mol. The lowest BCUT2D eigenvalue weighted by Crippen LogP contribution is -2.09. The van der Waals surface area contributed by atoms with Crippen LogP contribution in [0.2, 0.25) is 0 Å². The van der Waals surface area contributed by atoms with Crippen LogP contribution in [0.25, 0.3) is 6.08 Å². The van der Waals surface area contributed by atoms with Gasteiger partial charge in [0.05, 0.1) is 19.3 Å². The molecule has 0 fully saturated rings. The first kappa shape index (κ1) is 31.8. The molecule has 3 rings (SSSR count). The monoisotopic (exact) mass is 578 g/mol. The first-order valence-corrected chi connectivity index (χ1v) is 15.3. The predicted octanol–water partition coefficient (Wildman–Crippen LogP) is 6.90. The molecule has 7 nitrogen and oxygen atoms in total. The van der Waals surface area contributed by atoms with Crippen LogP contribution in [0.15, 0.2) is 72.8 Å². The second-order valence-corrected chi connectivity index (χ2v) is 11.3. The summed E-state index contributed by atoms with van der Waals surface area (Å²) in [5, 5.41) is 18.3. The van der Waals surface area contributed by atoms with Crippen LogP contribution in [0, 0.1) is 0 Å². The minimum Gasteiger partial charge on any atom is -0.616 e. The number of rotatable bonds is 18. The first-order valence-electron chi connectivity index (χ1n) is 13.8. The molecule has 0 aromatic heterocycles. The van der Waals surface area contributed by atoms with Gasteiger partial charge in [-0.2, -0.15) is 0 Å². The number of methoxy groups -OCH3 is 1. The molecule has 0 bridgehead atoms. The number of aliphatic carboxylic acids is 1. The van der Waals surface area contributed by atoms with Crippen LogP contribution in [0.5, 0.6) is 11.5 Å². The molecule has 0 heterocycles. The third kappa shape index (κ3) is 11.7. The Morgan fingerprint density at radius 1 is 0.829 bits per heavy atom. The van der Waals surface area contributed by atoms with Crippen molar-refractivity contribution in [2.45, 2.75) is 56.5 Å². The lowest BCUT2D eigenvalue weighted by molar-refractivity contribution is -0.131. The van der Waals surface area contributed by atoms with E-state index in [1.165, 1.54) is 36.6 Å². The van der Waals surface area contributed by atoms with Gasteiger partial charge in [-0.25, -0.2) is 9.59 Å². The topological polar surface area (TPSA) is 116 Å². The van der Waals surface area contributed by atoms with Gasteiger partial charge in [-0.1, -0.05) is 56.0 Å². The van der Waals surface area contributed by atoms with Gasteiger partial charge in [0.15, 0.2) is 0 Å². The Bertz CT molecular complexity index is 1290. The van der Waals surface area contributed by atoms with E-state index in [0.29, 0.717) is 23.5 Å². The van der Waals surface area contributed by atoms with E-state index < -0.39 is 23.1 Å². The van der Waals surface area contributed by atoms with Crippen LogP contribution in [-0.4, -0.2) is 40.4 Å². The molecular weight excluding hydrogens is 540 g/mol. The number of benzene rings is 3. The Labute approximate surface area is 245 Å². The standard InChI is InChI=1S/C33H38O7S/c1-39-30-16-12-25(13-17-30)9-6-4-2-3-5-7-20-40-31-18-14-27(21-28(31)15-19-32(34)35)24-41(38)23-26-10-8-11-29(22-26)33(36)37/h8,10-19,21-22H,2-7,9,20,23-24H2,1H3,(H,34,35)(H,36,37)/b19-15+. The Kier molecular flexibility index (Phi) is 13.3. The van der Waals surface area contributed by atoms with Crippen molar-refractivity contribution in [1.29, 1.82) is 0 Å². The molecule has 0 aliphatic carbocycles. The number of unbranched alkanes of at least 4 members (excludes halogenated alkanes) is 5. The summed E-state index contributed by atoms with van der Waals surface area (Å²) >= 11 is -1.27. The highest BCUT2D eigenvalue weighted by atomic mass is 32.2. The quantitative estimate of drug-likeness (QED) is 0.0958. The van der Waals surface area contributed by atoms with Gasteiger partial charge >= 0.3 is 11.9 Å². The molecule has 3 aromatic rings. The highest BCUT2D eigenvalue weighted by molar-refractivity contribution is 7.89. The first-order chi connectivity index (χ1) is 19.8. The maximum absolute atomic E-state index is 12.8. The molecule has 1 unspecified atom stereocenters. The van der Waals surface area contributed by atoms with E-state index in [2.05, 4.69) is 12.1 Å². The van der Waals surface area contributed by atoms with E-state index in [9.17, 15) is 14.1 Å². The third-order valence-corrected chi connectivity index (χ3v) is 7.90. The number of carbonyl (C=O) groups is 2. The molecule has 0 saturated carbocycles. The van der Waals surface area contributed by atoms with Crippen molar-refractivity contribution in [3.8, 4) is 11.5 Å². The van der Waals surface area contributed by atoms with Crippen LogP contribution in [0.3, 0.4) is 0 Å².